The third-order valence-electron chi connectivity index (χ3n) is 4.16. The van der Waals surface area contributed by atoms with Crippen molar-refractivity contribution in [1.82, 2.24) is 5.32 Å². The molecule has 0 aliphatic carbocycles. The van der Waals surface area contributed by atoms with Gasteiger partial charge >= 0.3 is 0 Å². The molecule has 158 valence electrons. The maximum Gasteiger partial charge on any atom is 0.241 e. The summed E-state index contributed by atoms with van der Waals surface area (Å²) in [4.78, 5) is 12.4. The number of rotatable bonds is 8. The molecule has 1 atom stereocenters. The Morgan fingerprint density at radius 1 is 1.07 bits per heavy atom. The first-order valence-electron chi connectivity index (χ1n) is 8.51. The molecule has 7 nitrogen and oxygen atoms in total. The molecule has 0 fully saturated rings. The number of carbonyl (C=O) groups is 1. The van der Waals surface area contributed by atoms with Crippen LogP contribution in [0.4, 0.5) is 14.5 Å². The number of anilines is 1. The quantitative estimate of drug-likeness (QED) is 0.699. The van der Waals surface area contributed by atoms with Gasteiger partial charge in [-0.25, -0.2) is 17.2 Å². The zero-order valence-electron chi connectivity index (χ0n) is 16.4. The Morgan fingerprint density at radius 3 is 2.28 bits per heavy atom. The van der Waals surface area contributed by atoms with E-state index in [9.17, 15) is 22.0 Å². The van der Waals surface area contributed by atoms with E-state index in [2.05, 4.69) is 5.32 Å². The van der Waals surface area contributed by atoms with E-state index in [4.69, 9.17) is 9.47 Å². The average molecular weight is 428 g/mol. The van der Waals surface area contributed by atoms with Crippen LogP contribution in [0.15, 0.2) is 36.4 Å². The number of methoxy groups -OCH3 is 2. The highest BCUT2D eigenvalue weighted by Crippen LogP contribution is 2.30. The van der Waals surface area contributed by atoms with Crippen molar-refractivity contribution < 1.29 is 31.5 Å². The minimum absolute atomic E-state index is 0.152. The number of hydrogen-bond acceptors (Lipinski definition) is 5. The standard InChI is InChI=1S/C19H22F2N2O5S/c1-12(13-5-8-17(27-2)18(9-13)28-3)22-19(24)11-23(29(4,25)26)14-6-7-15(20)16(21)10-14/h5-10,12H,11H2,1-4H3,(H,22,24)/t12-/m0/s1. The van der Waals surface area contributed by atoms with E-state index in [-0.39, 0.29) is 5.69 Å². The van der Waals surface area contributed by atoms with E-state index >= 15 is 0 Å². The predicted molar refractivity (Wildman–Crippen MR) is 105 cm³/mol. The Hall–Kier alpha value is -2.88. The number of carbonyl (C=O) groups excluding carboxylic acids is 1. The van der Waals surface area contributed by atoms with Gasteiger partial charge in [-0.1, -0.05) is 6.07 Å². The largest absolute Gasteiger partial charge is 0.493 e. The van der Waals surface area contributed by atoms with Crippen LogP contribution in [0.5, 0.6) is 11.5 Å². The summed E-state index contributed by atoms with van der Waals surface area (Å²) in [7, 11) is -0.932. The van der Waals surface area contributed by atoms with Gasteiger partial charge in [-0.05, 0) is 36.8 Å². The maximum absolute atomic E-state index is 13.5. The highest BCUT2D eigenvalue weighted by atomic mass is 32.2. The van der Waals surface area contributed by atoms with Gasteiger partial charge in [0, 0.05) is 6.07 Å². The molecule has 0 spiro atoms. The number of nitrogens with one attached hydrogen (secondary N) is 1. The molecule has 0 unspecified atom stereocenters. The van der Waals surface area contributed by atoms with Gasteiger partial charge in [0.1, 0.15) is 6.54 Å². The molecule has 0 saturated carbocycles. The summed E-state index contributed by atoms with van der Waals surface area (Å²) >= 11 is 0. The van der Waals surface area contributed by atoms with Gasteiger partial charge in [0.15, 0.2) is 23.1 Å². The highest BCUT2D eigenvalue weighted by Gasteiger charge is 2.23. The van der Waals surface area contributed by atoms with Gasteiger partial charge in [0.05, 0.1) is 32.2 Å². The summed E-state index contributed by atoms with van der Waals surface area (Å²) in [5, 5.41) is 2.67. The minimum atomic E-state index is -3.92. The van der Waals surface area contributed by atoms with E-state index in [1.54, 1.807) is 25.1 Å². The summed E-state index contributed by atoms with van der Waals surface area (Å²) in [5.74, 6) is -1.95. The second-order valence-corrected chi connectivity index (χ2v) is 8.18. The molecule has 2 aromatic carbocycles. The van der Waals surface area contributed by atoms with Crippen molar-refractivity contribution in [2.24, 2.45) is 0 Å². The molecule has 0 aliphatic rings. The van der Waals surface area contributed by atoms with E-state index in [1.807, 2.05) is 0 Å². The molecule has 0 bridgehead atoms. The van der Waals surface area contributed by atoms with Crippen LogP contribution in [0, 0.1) is 11.6 Å². The van der Waals surface area contributed by atoms with Crippen molar-refractivity contribution in [1.29, 1.82) is 0 Å². The van der Waals surface area contributed by atoms with Crippen molar-refractivity contribution in [2.45, 2.75) is 13.0 Å². The molecule has 0 heterocycles. The van der Waals surface area contributed by atoms with Gasteiger partial charge in [-0.15, -0.1) is 0 Å². The minimum Gasteiger partial charge on any atom is -0.493 e. The number of ether oxygens (including phenoxy) is 2. The van der Waals surface area contributed by atoms with Gasteiger partial charge in [0.25, 0.3) is 0 Å². The first-order valence-corrected chi connectivity index (χ1v) is 10.4. The topological polar surface area (TPSA) is 84.9 Å². The second-order valence-electron chi connectivity index (χ2n) is 6.27. The van der Waals surface area contributed by atoms with Crippen LogP contribution in [0.3, 0.4) is 0 Å². The summed E-state index contributed by atoms with van der Waals surface area (Å²) in [6.45, 7) is 1.11. The predicted octanol–water partition coefficient (Wildman–Crippen LogP) is 2.63. The first-order chi connectivity index (χ1) is 13.6. The highest BCUT2D eigenvalue weighted by molar-refractivity contribution is 7.92. The maximum atomic E-state index is 13.5. The second kappa shape index (κ2) is 9.08. The van der Waals surface area contributed by atoms with Crippen LogP contribution < -0.4 is 19.1 Å². The van der Waals surface area contributed by atoms with E-state index in [1.165, 1.54) is 14.2 Å². The molecule has 0 aliphatic heterocycles. The number of sulfonamides is 1. The van der Waals surface area contributed by atoms with Crippen LogP contribution >= 0.6 is 0 Å². The zero-order valence-corrected chi connectivity index (χ0v) is 17.2. The lowest BCUT2D eigenvalue weighted by molar-refractivity contribution is -0.120. The third-order valence-corrected chi connectivity index (χ3v) is 5.30. The van der Waals surface area contributed by atoms with Crippen molar-refractivity contribution in [3.8, 4) is 11.5 Å². The van der Waals surface area contributed by atoms with Crippen molar-refractivity contribution >= 4 is 21.6 Å². The number of halogens is 2. The Bertz CT molecular complexity index is 998. The van der Waals surface area contributed by atoms with Crippen molar-refractivity contribution in [3.63, 3.8) is 0 Å². The normalized spacial score (nSPS) is 12.2. The van der Waals surface area contributed by atoms with E-state index in [0.717, 1.165) is 24.5 Å². The lowest BCUT2D eigenvalue weighted by Gasteiger charge is -2.23. The number of benzene rings is 2. The molecule has 0 saturated heterocycles. The molecule has 10 heteroatoms. The Balaban J connectivity index is 2.19. The SMILES string of the molecule is COc1ccc([C@H](C)NC(=O)CN(c2ccc(F)c(F)c2)S(C)(=O)=O)cc1OC. The molecule has 0 aromatic heterocycles. The Morgan fingerprint density at radius 2 is 1.72 bits per heavy atom. The fraction of sp³-hybridized carbons (Fsp3) is 0.316. The molecule has 29 heavy (non-hydrogen) atoms. The van der Waals surface area contributed by atoms with Crippen LogP contribution in [0.2, 0.25) is 0 Å². The average Bonchev–Trinajstić information content (AvgIpc) is 2.66. The van der Waals surface area contributed by atoms with Gasteiger partial charge < -0.3 is 14.8 Å². The van der Waals surface area contributed by atoms with Crippen molar-refractivity contribution in [3.05, 3.63) is 53.6 Å². The third kappa shape index (κ3) is 5.57. The molecule has 0 radical (unpaired) electrons. The van der Waals surface area contributed by atoms with Crippen LogP contribution in [0.1, 0.15) is 18.5 Å². The Kier molecular flexibility index (Phi) is 7.02. The summed E-state index contributed by atoms with van der Waals surface area (Å²) in [5.41, 5.74) is 0.551. The van der Waals surface area contributed by atoms with Crippen LogP contribution in [-0.4, -0.2) is 41.3 Å². The molecular formula is C19H22F2N2O5S. The fourth-order valence-electron chi connectivity index (χ4n) is 2.66. The zero-order chi connectivity index (χ0) is 21.8. The molecule has 2 aromatic rings. The van der Waals surface area contributed by atoms with E-state index in [0.29, 0.717) is 21.4 Å². The molecule has 1 N–H and O–H groups in total. The van der Waals surface area contributed by atoms with Crippen molar-refractivity contribution in [2.75, 3.05) is 31.3 Å². The number of nitrogens with zero attached hydrogens (tertiary/aromatic N) is 1. The molecule has 2 rings (SSSR count). The monoisotopic (exact) mass is 428 g/mol. The lowest BCUT2D eigenvalue weighted by Crippen LogP contribution is -2.41. The molecular weight excluding hydrogens is 406 g/mol. The summed E-state index contributed by atoms with van der Waals surface area (Å²) in [6, 6.07) is 7.23. The van der Waals surface area contributed by atoms with Gasteiger partial charge in [0.2, 0.25) is 15.9 Å². The van der Waals surface area contributed by atoms with Gasteiger partial charge in [-0.3, -0.25) is 9.10 Å². The number of amides is 1. The molecule has 1 amide bonds. The fourth-order valence-corrected chi connectivity index (χ4v) is 3.51. The first kappa shape index (κ1) is 22.4. The Labute approximate surface area is 168 Å². The van der Waals surface area contributed by atoms with E-state index < -0.39 is 40.2 Å². The van der Waals surface area contributed by atoms with Crippen LogP contribution in [-0.2, 0) is 14.8 Å². The summed E-state index contributed by atoms with van der Waals surface area (Å²) < 4.78 is 61.9. The summed E-state index contributed by atoms with van der Waals surface area (Å²) in [6.07, 6.45) is 0.874. The van der Waals surface area contributed by atoms with Crippen LogP contribution in [0.25, 0.3) is 0 Å². The number of hydrogen-bond donors (Lipinski definition) is 1. The van der Waals surface area contributed by atoms with Gasteiger partial charge in [-0.2, -0.15) is 0 Å². The lowest BCUT2D eigenvalue weighted by atomic mass is 10.1. The smallest absolute Gasteiger partial charge is 0.241 e.